The Morgan fingerprint density at radius 1 is 1.38 bits per heavy atom. The minimum Gasteiger partial charge on any atom is -0.482 e. The molecule has 1 aromatic rings. The van der Waals surface area contributed by atoms with Crippen LogP contribution in [0, 0.1) is 0 Å². The summed E-state index contributed by atoms with van der Waals surface area (Å²) in [5, 5.41) is 0.722. The van der Waals surface area contributed by atoms with Crippen LogP contribution in [0.5, 0.6) is 5.75 Å². The molecule has 2 aliphatic heterocycles. The molecule has 26 heavy (non-hydrogen) atoms. The Hall–Kier alpha value is -2.32. The van der Waals surface area contributed by atoms with Gasteiger partial charge in [-0.1, -0.05) is 12.1 Å². The first kappa shape index (κ1) is 18.5. The van der Waals surface area contributed by atoms with Gasteiger partial charge in [0.05, 0.1) is 24.7 Å². The molecule has 8 heteroatoms. The summed E-state index contributed by atoms with van der Waals surface area (Å²) < 4.78 is 15.6. The average Bonchev–Trinajstić information content (AvgIpc) is 3.02. The highest BCUT2D eigenvalue weighted by molar-refractivity contribution is 8.18. The van der Waals surface area contributed by atoms with Crippen LogP contribution in [0.1, 0.15) is 12.5 Å². The molecular weight excluding hydrogens is 356 g/mol. The van der Waals surface area contributed by atoms with Gasteiger partial charge < -0.3 is 19.1 Å². The summed E-state index contributed by atoms with van der Waals surface area (Å²) >= 11 is 1.37. The molecule has 0 aromatic heterocycles. The number of carbonyl (C=O) groups is 2. The number of aliphatic imine (C=N–C) groups is 1. The van der Waals surface area contributed by atoms with Gasteiger partial charge in [-0.15, -0.1) is 0 Å². The Kier molecular flexibility index (Phi) is 6.30. The number of rotatable bonds is 5. The zero-order valence-corrected chi connectivity index (χ0v) is 15.3. The van der Waals surface area contributed by atoms with Crippen molar-refractivity contribution >= 4 is 34.9 Å². The SMILES string of the molecule is CCOC(=O)COc1cccc(/C=C2\SC(N3CCOCC3)=NC2=O)c1. The smallest absolute Gasteiger partial charge is 0.344 e. The van der Waals surface area contributed by atoms with Crippen molar-refractivity contribution in [2.24, 2.45) is 4.99 Å². The van der Waals surface area contributed by atoms with Crippen molar-refractivity contribution < 1.29 is 23.8 Å². The Labute approximate surface area is 156 Å². The number of ether oxygens (including phenoxy) is 3. The summed E-state index contributed by atoms with van der Waals surface area (Å²) in [5.74, 6) is -0.118. The van der Waals surface area contributed by atoms with E-state index in [1.54, 1.807) is 31.2 Å². The number of thioether (sulfide) groups is 1. The maximum Gasteiger partial charge on any atom is 0.344 e. The first-order chi connectivity index (χ1) is 12.7. The third-order valence-electron chi connectivity index (χ3n) is 3.71. The number of benzene rings is 1. The van der Waals surface area contributed by atoms with Gasteiger partial charge in [0.15, 0.2) is 11.8 Å². The Morgan fingerprint density at radius 3 is 2.96 bits per heavy atom. The van der Waals surface area contributed by atoms with Crippen LogP contribution in [0.25, 0.3) is 6.08 Å². The zero-order chi connectivity index (χ0) is 18.4. The largest absolute Gasteiger partial charge is 0.482 e. The molecule has 7 nitrogen and oxygen atoms in total. The van der Waals surface area contributed by atoms with Gasteiger partial charge in [-0.2, -0.15) is 4.99 Å². The molecule has 0 atom stereocenters. The van der Waals surface area contributed by atoms with Crippen LogP contribution >= 0.6 is 11.8 Å². The van der Waals surface area contributed by atoms with Crippen molar-refractivity contribution in [3.05, 3.63) is 34.7 Å². The number of hydrogen-bond donors (Lipinski definition) is 0. The Balaban J connectivity index is 1.64. The molecule has 1 fully saturated rings. The Morgan fingerprint density at radius 2 is 2.19 bits per heavy atom. The first-order valence-corrected chi connectivity index (χ1v) is 9.21. The molecule has 1 saturated heterocycles. The number of morpholine rings is 1. The molecule has 0 unspecified atom stereocenters. The number of amides is 1. The van der Waals surface area contributed by atoms with E-state index in [0.717, 1.165) is 23.8 Å². The summed E-state index contributed by atoms with van der Waals surface area (Å²) in [6.45, 7) is 4.69. The molecule has 0 aliphatic carbocycles. The molecule has 0 spiro atoms. The second-order valence-corrected chi connectivity index (χ2v) is 6.58. The molecular formula is C18H20N2O5S. The van der Waals surface area contributed by atoms with E-state index in [1.807, 2.05) is 6.07 Å². The summed E-state index contributed by atoms with van der Waals surface area (Å²) in [4.78, 5) is 30.3. The first-order valence-electron chi connectivity index (χ1n) is 8.39. The van der Waals surface area contributed by atoms with Crippen molar-refractivity contribution in [3.8, 4) is 5.75 Å². The lowest BCUT2D eigenvalue weighted by Crippen LogP contribution is -2.38. The minimum atomic E-state index is -0.415. The van der Waals surface area contributed by atoms with Crippen molar-refractivity contribution in [2.45, 2.75) is 6.92 Å². The quantitative estimate of drug-likeness (QED) is 0.574. The monoisotopic (exact) mass is 376 g/mol. The molecule has 2 heterocycles. The van der Waals surface area contributed by atoms with Gasteiger partial charge in [-0.3, -0.25) is 4.79 Å². The predicted molar refractivity (Wildman–Crippen MR) is 99.0 cm³/mol. The molecule has 3 rings (SSSR count). The number of esters is 1. The van der Waals surface area contributed by atoms with E-state index < -0.39 is 5.97 Å². The lowest BCUT2D eigenvalue weighted by atomic mass is 10.2. The van der Waals surface area contributed by atoms with Gasteiger partial charge in [-0.05, 0) is 42.5 Å². The lowest BCUT2D eigenvalue weighted by molar-refractivity contribution is -0.145. The fraction of sp³-hybridized carbons (Fsp3) is 0.389. The summed E-state index contributed by atoms with van der Waals surface area (Å²) in [6.07, 6.45) is 1.78. The van der Waals surface area contributed by atoms with E-state index >= 15 is 0 Å². The van der Waals surface area contributed by atoms with Crippen LogP contribution in [0.2, 0.25) is 0 Å². The summed E-state index contributed by atoms with van der Waals surface area (Å²) in [5.41, 5.74) is 0.806. The molecule has 0 saturated carbocycles. The highest BCUT2D eigenvalue weighted by Crippen LogP contribution is 2.31. The molecule has 0 radical (unpaired) electrons. The third-order valence-corrected chi connectivity index (χ3v) is 4.75. The van der Waals surface area contributed by atoms with Gasteiger partial charge >= 0.3 is 5.97 Å². The van der Waals surface area contributed by atoms with Crippen LogP contribution in [0.15, 0.2) is 34.2 Å². The minimum absolute atomic E-state index is 0.147. The van der Waals surface area contributed by atoms with E-state index in [1.165, 1.54) is 11.8 Å². The number of hydrogen-bond acceptors (Lipinski definition) is 7. The fourth-order valence-electron chi connectivity index (χ4n) is 2.48. The topological polar surface area (TPSA) is 77.4 Å². The van der Waals surface area contributed by atoms with E-state index in [4.69, 9.17) is 14.2 Å². The van der Waals surface area contributed by atoms with Crippen molar-refractivity contribution in [3.63, 3.8) is 0 Å². The van der Waals surface area contributed by atoms with Crippen molar-refractivity contribution in [2.75, 3.05) is 39.5 Å². The molecule has 0 bridgehead atoms. The molecule has 2 aliphatic rings. The number of carbonyl (C=O) groups excluding carboxylic acids is 2. The van der Waals surface area contributed by atoms with Crippen LogP contribution in [-0.2, 0) is 19.1 Å². The van der Waals surface area contributed by atoms with Crippen LogP contribution in [-0.4, -0.2) is 61.5 Å². The molecule has 138 valence electrons. The van der Waals surface area contributed by atoms with E-state index in [2.05, 4.69) is 9.89 Å². The maximum absolute atomic E-state index is 12.2. The lowest BCUT2D eigenvalue weighted by Gasteiger charge is -2.27. The maximum atomic E-state index is 12.2. The summed E-state index contributed by atoms with van der Waals surface area (Å²) in [6, 6.07) is 7.19. The summed E-state index contributed by atoms with van der Waals surface area (Å²) in [7, 11) is 0. The highest BCUT2D eigenvalue weighted by atomic mass is 32.2. The second-order valence-electron chi connectivity index (χ2n) is 5.58. The normalized spacial score (nSPS) is 18.8. The molecule has 0 N–H and O–H groups in total. The van der Waals surface area contributed by atoms with Crippen molar-refractivity contribution in [1.82, 2.24) is 4.90 Å². The zero-order valence-electron chi connectivity index (χ0n) is 14.5. The van der Waals surface area contributed by atoms with E-state index in [9.17, 15) is 9.59 Å². The fourth-order valence-corrected chi connectivity index (χ4v) is 3.44. The van der Waals surface area contributed by atoms with Gasteiger partial charge in [0.2, 0.25) is 0 Å². The van der Waals surface area contributed by atoms with Gasteiger partial charge in [0.25, 0.3) is 5.91 Å². The average molecular weight is 376 g/mol. The van der Waals surface area contributed by atoms with Gasteiger partial charge in [0, 0.05) is 13.1 Å². The molecule has 1 aromatic carbocycles. The van der Waals surface area contributed by atoms with E-state index in [0.29, 0.717) is 30.5 Å². The highest BCUT2D eigenvalue weighted by Gasteiger charge is 2.27. The van der Waals surface area contributed by atoms with Crippen molar-refractivity contribution in [1.29, 1.82) is 0 Å². The predicted octanol–water partition coefficient (Wildman–Crippen LogP) is 1.93. The number of nitrogens with zero attached hydrogens (tertiary/aromatic N) is 2. The van der Waals surface area contributed by atoms with Crippen LogP contribution in [0.3, 0.4) is 0 Å². The third kappa shape index (κ3) is 4.86. The standard InChI is InChI=1S/C18H20N2O5S/c1-2-24-16(21)12-25-14-5-3-4-13(10-14)11-15-17(22)19-18(26-15)20-6-8-23-9-7-20/h3-5,10-11H,2,6-9,12H2,1H3/b15-11-. The number of amidine groups is 1. The van der Waals surface area contributed by atoms with Gasteiger partial charge in [-0.25, -0.2) is 4.79 Å². The molecule has 1 amide bonds. The second kappa shape index (κ2) is 8.86. The van der Waals surface area contributed by atoms with Crippen LogP contribution < -0.4 is 4.74 Å². The van der Waals surface area contributed by atoms with E-state index in [-0.39, 0.29) is 12.5 Å². The Bertz CT molecular complexity index is 741. The van der Waals surface area contributed by atoms with Crippen LogP contribution in [0.4, 0.5) is 0 Å². The van der Waals surface area contributed by atoms with Gasteiger partial charge in [0.1, 0.15) is 5.75 Å².